The zero-order valence-electron chi connectivity index (χ0n) is 8.95. The van der Waals surface area contributed by atoms with Gasteiger partial charge in [-0.25, -0.2) is 4.79 Å². The Morgan fingerprint density at radius 2 is 2.36 bits per heavy atom. The molecule has 1 amide bonds. The molecule has 1 unspecified atom stereocenters. The van der Waals surface area contributed by atoms with Crippen LogP contribution < -0.4 is 0 Å². The standard InChI is InChI=1S/C10H19NO3/c1-3-5-10(2,13)8-11-6-4-7-14-9(11)12/h13H,3-8H2,1-2H3. The van der Waals surface area contributed by atoms with Crippen LogP contribution in [0.4, 0.5) is 4.79 Å². The fourth-order valence-corrected chi connectivity index (χ4v) is 1.77. The van der Waals surface area contributed by atoms with E-state index in [4.69, 9.17) is 4.74 Å². The largest absolute Gasteiger partial charge is 0.449 e. The normalized spacial score (nSPS) is 21.6. The number of carbonyl (C=O) groups excluding carboxylic acids is 1. The van der Waals surface area contributed by atoms with Gasteiger partial charge in [-0.05, 0) is 19.8 Å². The zero-order chi connectivity index (χ0) is 10.6. The van der Waals surface area contributed by atoms with Crippen molar-refractivity contribution < 1.29 is 14.6 Å². The van der Waals surface area contributed by atoms with Crippen molar-refractivity contribution in [2.75, 3.05) is 19.7 Å². The van der Waals surface area contributed by atoms with E-state index in [1.165, 1.54) is 0 Å². The minimum atomic E-state index is -0.787. The lowest BCUT2D eigenvalue weighted by atomic mass is 10.00. The summed E-state index contributed by atoms with van der Waals surface area (Å²) in [6.45, 7) is 5.35. The van der Waals surface area contributed by atoms with Gasteiger partial charge in [-0.3, -0.25) is 0 Å². The molecule has 1 rings (SSSR count). The first-order valence-corrected chi connectivity index (χ1v) is 5.19. The van der Waals surface area contributed by atoms with Crippen LogP contribution >= 0.6 is 0 Å². The van der Waals surface area contributed by atoms with Crippen molar-refractivity contribution in [3.8, 4) is 0 Å². The molecule has 0 aromatic heterocycles. The van der Waals surface area contributed by atoms with Crippen molar-refractivity contribution in [2.24, 2.45) is 0 Å². The van der Waals surface area contributed by atoms with Crippen LogP contribution in [0.2, 0.25) is 0 Å². The summed E-state index contributed by atoms with van der Waals surface area (Å²) in [5, 5.41) is 9.94. The Morgan fingerprint density at radius 3 is 2.93 bits per heavy atom. The number of cyclic esters (lactones) is 1. The molecule has 82 valence electrons. The second-order valence-corrected chi connectivity index (χ2v) is 4.14. The molecule has 0 aliphatic carbocycles. The summed E-state index contributed by atoms with van der Waals surface area (Å²) in [6, 6.07) is 0. The number of rotatable bonds is 4. The van der Waals surface area contributed by atoms with Crippen molar-refractivity contribution >= 4 is 6.09 Å². The van der Waals surface area contributed by atoms with E-state index in [1.54, 1.807) is 11.8 Å². The Kier molecular flexibility index (Phi) is 3.75. The number of hydrogen-bond acceptors (Lipinski definition) is 3. The zero-order valence-corrected chi connectivity index (χ0v) is 8.95. The SMILES string of the molecule is CCCC(C)(O)CN1CCCOC1=O. The highest BCUT2D eigenvalue weighted by molar-refractivity contribution is 5.68. The maximum Gasteiger partial charge on any atom is 0.409 e. The molecular formula is C10H19NO3. The summed E-state index contributed by atoms with van der Waals surface area (Å²) in [7, 11) is 0. The van der Waals surface area contributed by atoms with Gasteiger partial charge in [0.25, 0.3) is 0 Å². The predicted octanol–water partition coefficient (Wildman–Crippen LogP) is 1.38. The molecule has 0 aromatic carbocycles. The minimum absolute atomic E-state index is 0.298. The van der Waals surface area contributed by atoms with E-state index < -0.39 is 5.60 Å². The van der Waals surface area contributed by atoms with Crippen LogP contribution in [0.25, 0.3) is 0 Å². The molecule has 1 aliphatic heterocycles. The predicted molar refractivity (Wildman–Crippen MR) is 53.1 cm³/mol. The molecule has 1 N–H and O–H groups in total. The van der Waals surface area contributed by atoms with Gasteiger partial charge >= 0.3 is 6.09 Å². The van der Waals surface area contributed by atoms with Crippen LogP contribution in [-0.4, -0.2) is 41.4 Å². The van der Waals surface area contributed by atoms with Gasteiger partial charge in [-0.15, -0.1) is 0 Å². The second kappa shape index (κ2) is 4.64. The highest BCUT2D eigenvalue weighted by Gasteiger charge is 2.28. The smallest absolute Gasteiger partial charge is 0.409 e. The summed E-state index contributed by atoms with van der Waals surface area (Å²) >= 11 is 0. The molecule has 4 nitrogen and oxygen atoms in total. The third-order valence-electron chi connectivity index (χ3n) is 2.38. The summed E-state index contributed by atoms with van der Waals surface area (Å²) < 4.78 is 4.89. The first-order chi connectivity index (χ1) is 6.55. The van der Waals surface area contributed by atoms with E-state index in [9.17, 15) is 9.90 Å². The lowest BCUT2D eigenvalue weighted by Gasteiger charge is -2.33. The van der Waals surface area contributed by atoms with Crippen LogP contribution in [0.3, 0.4) is 0 Å². The number of nitrogens with zero attached hydrogens (tertiary/aromatic N) is 1. The summed E-state index contributed by atoms with van der Waals surface area (Å²) in [5.74, 6) is 0. The lowest BCUT2D eigenvalue weighted by molar-refractivity contribution is -0.00396. The maximum absolute atomic E-state index is 11.3. The Balaban J connectivity index is 2.45. The van der Waals surface area contributed by atoms with Crippen molar-refractivity contribution in [3.63, 3.8) is 0 Å². The van der Waals surface area contributed by atoms with Crippen LogP contribution in [-0.2, 0) is 4.74 Å². The molecule has 1 heterocycles. The number of amides is 1. The Morgan fingerprint density at radius 1 is 1.64 bits per heavy atom. The Labute approximate surface area is 84.8 Å². The summed E-state index contributed by atoms with van der Waals surface area (Å²) in [5.41, 5.74) is -0.787. The minimum Gasteiger partial charge on any atom is -0.449 e. The lowest BCUT2D eigenvalue weighted by Crippen LogP contribution is -2.46. The van der Waals surface area contributed by atoms with Crippen LogP contribution in [0.5, 0.6) is 0 Å². The van der Waals surface area contributed by atoms with Crippen LogP contribution in [0.15, 0.2) is 0 Å². The quantitative estimate of drug-likeness (QED) is 0.747. The highest BCUT2D eigenvalue weighted by atomic mass is 16.6. The topological polar surface area (TPSA) is 49.8 Å². The molecule has 0 spiro atoms. The van der Waals surface area contributed by atoms with E-state index in [1.807, 2.05) is 6.92 Å². The van der Waals surface area contributed by atoms with E-state index >= 15 is 0 Å². The first kappa shape index (κ1) is 11.3. The van der Waals surface area contributed by atoms with Gasteiger partial charge in [-0.1, -0.05) is 13.3 Å². The fraction of sp³-hybridized carbons (Fsp3) is 0.900. The van der Waals surface area contributed by atoms with E-state index in [0.29, 0.717) is 26.1 Å². The molecule has 1 aliphatic rings. The molecule has 1 atom stereocenters. The first-order valence-electron chi connectivity index (χ1n) is 5.19. The number of β-amino-alcohol motifs (C(OH)–C–C–N with tert-alkyl or cyclic N) is 1. The average Bonchev–Trinajstić information content (AvgIpc) is 2.08. The van der Waals surface area contributed by atoms with Crippen molar-refractivity contribution in [1.82, 2.24) is 4.90 Å². The molecule has 0 radical (unpaired) electrons. The molecule has 0 bridgehead atoms. The monoisotopic (exact) mass is 201 g/mol. The molecule has 14 heavy (non-hydrogen) atoms. The molecule has 0 saturated carbocycles. The fourth-order valence-electron chi connectivity index (χ4n) is 1.77. The van der Waals surface area contributed by atoms with Gasteiger partial charge in [0.05, 0.1) is 18.8 Å². The van der Waals surface area contributed by atoms with E-state index in [-0.39, 0.29) is 6.09 Å². The third-order valence-corrected chi connectivity index (χ3v) is 2.38. The van der Waals surface area contributed by atoms with Gasteiger partial charge in [-0.2, -0.15) is 0 Å². The maximum atomic E-state index is 11.3. The third kappa shape index (κ3) is 3.18. The Bertz CT molecular complexity index is 204. The van der Waals surface area contributed by atoms with Gasteiger partial charge in [0.1, 0.15) is 0 Å². The second-order valence-electron chi connectivity index (χ2n) is 4.14. The molecular weight excluding hydrogens is 182 g/mol. The van der Waals surface area contributed by atoms with Gasteiger partial charge in [0.2, 0.25) is 0 Å². The number of carbonyl (C=O) groups is 1. The van der Waals surface area contributed by atoms with E-state index in [0.717, 1.165) is 12.8 Å². The van der Waals surface area contributed by atoms with Crippen LogP contribution in [0, 0.1) is 0 Å². The van der Waals surface area contributed by atoms with Gasteiger partial charge in [0, 0.05) is 6.54 Å². The highest BCUT2D eigenvalue weighted by Crippen LogP contribution is 2.16. The van der Waals surface area contributed by atoms with Gasteiger partial charge < -0.3 is 14.7 Å². The van der Waals surface area contributed by atoms with Crippen molar-refractivity contribution in [3.05, 3.63) is 0 Å². The van der Waals surface area contributed by atoms with Crippen molar-refractivity contribution in [2.45, 2.75) is 38.7 Å². The number of aliphatic hydroxyl groups is 1. The van der Waals surface area contributed by atoms with Gasteiger partial charge in [0.15, 0.2) is 0 Å². The summed E-state index contributed by atoms with van der Waals surface area (Å²) in [6.07, 6.45) is 2.17. The molecule has 1 fully saturated rings. The number of ether oxygens (including phenoxy) is 1. The average molecular weight is 201 g/mol. The molecule has 0 aromatic rings. The summed E-state index contributed by atoms with van der Waals surface area (Å²) in [4.78, 5) is 12.9. The van der Waals surface area contributed by atoms with Crippen molar-refractivity contribution in [1.29, 1.82) is 0 Å². The Hall–Kier alpha value is -0.770. The molecule has 4 heteroatoms. The van der Waals surface area contributed by atoms with E-state index in [2.05, 4.69) is 0 Å². The number of hydrogen-bond donors (Lipinski definition) is 1. The van der Waals surface area contributed by atoms with Crippen LogP contribution in [0.1, 0.15) is 33.1 Å². The molecule has 1 saturated heterocycles.